The van der Waals surface area contributed by atoms with Gasteiger partial charge in [0.25, 0.3) is 0 Å². The smallest absolute Gasteiger partial charge is 0.307 e. The Morgan fingerprint density at radius 1 is 1.09 bits per heavy atom. The Kier molecular flexibility index (Phi) is 6.54. The van der Waals surface area contributed by atoms with E-state index in [2.05, 4.69) is 5.16 Å². The Bertz CT molecular complexity index is 1370. The molecule has 35 heavy (non-hydrogen) atoms. The zero-order valence-corrected chi connectivity index (χ0v) is 20.6. The minimum absolute atomic E-state index is 0.0130. The summed E-state index contributed by atoms with van der Waals surface area (Å²) in [6.07, 6.45) is 2.15. The lowest BCUT2D eigenvalue weighted by Gasteiger charge is -2.12. The number of aryl methyl sites for hydroxylation is 1. The van der Waals surface area contributed by atoms with E-state index >= 15 is 0 Å². The normalized spacial score (nSPS) is 13.1. The van der Waals surface area contributed by atoms with E-state index in [-0.39, 0.29) is 13.0 Å². The quantitative estimate of drug-likeness (QED) is 0.264. The van der Waals surface area contributed by atoms with Crippen LogP contribution in [-0.4, -0.2) is 16.2 Å². The van der Waals surface area contributed by atoms with Crippen molar-refractivity contribution in [3.05, 3.63) is 93.2 Å². The first-order valence-electron chi connectivity index (χ1n) is 11.4. The van der Waals surface area contributed by atoms with Crippen LogP contribution in [0.2, 0.25) is 10.0 Å². The largest absolute Gasteiger partial charge is 0.489 e. The minimum atomic E-state index is -0.840. The molecular formula is C28H23Cl2NO4. The molecule has 7 heteroatoms. The van der Waals surface area contributed by atoms with Crippen LogP contribution in [0.25, 0.3) is 22.4 Å². The molecule has 0 atom stereocenters. The van der Waals surface area contributed by atoms with Crippen LogP contribution in [0, 0.1) is 6.92 Å². The summed E-state index contributed by atoms with van der Waals surface area (Å²) in [7, 11) is 0. The number of ether oxygens (including phenoxy) is 1. The molecule has 178 valence electrons. The van der Waals surface area contributed by atoms with Gasteiger partial charge in [-0.1, -0.05) is 64.8 Å². The molecule has 1 heterocycles. The maximum absolute atomic E-state index is 10.9. The Morgan fingerprint density at radius 3 is 2.43 bits per heavy atom. The average Bonchev–Trinajstić information content (AvgIpc) is 3.58. The van der Waals surface area contributed by atoms with Crippen LogP contribution < -0.4 is 4.74 Å². The van der Waals surface area contributed by atoms with Crippen LogP contribution >= 0.6 is 23.2 Å². The number of carboxylic acid groups (broad SMARTS) is 1. The van der Waals surface area contributed by atoms with Crippen molar-refractivity contribution in [2.45, 2.75) is 38.7 Å². The summed E-state index contributed by atoms with van der Waals surface area (Å²) in [5.41, 5.74) is 6.06. The van der Waals surface area contributed by atoms with Crippen molar-refractivity contribution in [1.29, 1.82) is 0 Å². The molecule has 0 aliphatic heterocycles. The maximum atomic E-state index is 10.9. The molecule has 4 aromatic rings. The van der Waals surface area contributed by atoms with E-state index in [1.54, 1.807) is 18.2 Å². The summed E-state index contributed by atoms with van der Waals surface area (Å²) < 4.78 is 11.9. The lowest BCUT2D eigenvalue weighted by Crippen LogP contribution is -2.00. The van der Waals surface area contributed by atoms with Crippen molar-refractivity contribution in [3.63, 3.8) is 0 Å². The standard InChI is InChI=1S/C28H23Cl2NO4/c1-16-13-20(11-12-21(16)18-7-5-17(6-8-18)14-25(32)33)34-15-22-27(31-35-28(22)19-9-10-19)26-23(29)3-2-4-24(26)30/h2-8,11-13,19H,9-10,14-15H2,1H3,(H,32,33). The summed E-state index contributed by atoms with van der Waals surface area (Å²) >= 11 is 12.9. The van der Waals surface area contributed by atoms with Gasteiger partial charge in [0.15, 0.2) is 0 Å². The molecule has 1 aromatic heterocycles. The monoisotopic (exact) mass is 507 g/mol. The van der Waals surface area contributed by atoms with Crippen molar-refractivity contribution in [1.82, 2.24) is 5.16 Å². The summed E-state index contributed by atoms with van der Waals surface area (Å²) in [6.45, 7) is 2.31. The van der Waals surface area contributed by atoms with Gasteiger partial charge in [-0.25, -0.2) is 0 Å². The van der Waals surface area contributed by atoms with Gasteiger partial charge in [-0.05, 0) is 66.3 Å². The second-order valence-corrected chi connectivity index (χ2v) is 9.59. The molecule has 5 rings (SSSR count). The molecule has 0 spiro atoms. The van der Waals surface area contributed by atoms with Crippen molar-refractivity contribution in [2.75, 3.05) is 0 Å². The highest BCUT2D eigenvalue weighted by molar-refractivity contribution is 6.39. The second kappa shape index (κ2) is 9.76. The summed E-state index contributed by atoms with van der Waals surface area (Å²) in [4.78, 5) is 10.9. The zero-order chi connectivity index (χ0) is 24.5. The van der Waals surface area contributed by atoms with Crippen molar-refractivity contribution >= 4 is 29.2 Å². The number of rotatable bonds is 8. The summed E-state index contributed by atoms with van der Waals surface area (Å²) in [5, 5.41) is 14.3. The zero-order valence-electron chi connectivity index (χ0n) is 19.1. The Morgan fingerprint density at radius 2 is 1.80 bits per heavy atom. The molecule has 0 radical (unpaired) electrons. The number of aromatic nitrogens is 1. The third-order valence-electron chi connectivity index (χ3n) is 6.17. The fourth-order valence-electron chi connectivity index (χ4n) is 4.23. The van der Waals surface area contributed by atoms with Crippen molar-refractivity contribution < 1.29 is 19.2 Å². The fourth-order valence-corrected chi connectivity index (χ4v) is 4.81. The van der Waals surface area contributed by atoms with Gasteiger partial charge >= 0.3 is 5.97 Å². The van der Waals surface area contributed by atoms with Crippen molar-refractivity contribution in [2.24, 2.45) is 0 Å². The molecular weight excluding hydrogens is 485 g/mol. The van der Waals surface area contributed by atoms with E-state index < -0.39 is 5.97 Å². The van der Waals surface area contributed by atoms with Gasteiger partial charge in [-0.3, -0.25) is 4.79 Å². The maximum Gasteiger partial charge on any atom is 0.307 e. The van der Waals surface area contributed by atoms with Crippen LogP contribution in [0.5, 0.6) is 5.75 Å². The Hall–Kier alpha value is -3.28. The predicted octanol–water partition coefficient (Wildman–Crippen LogP) is 7.71. The lowest BCUT2D eigenvalue weighted by atomic mass is 9.98. The molecule has 0 unspecified atom stereocenters. The highest BCUT2D eigenvalue weighted by Crippen LogP contribution is 2.46. The van der Waals surface area contributed by atoms with Gasteiger partial charge in [-0.15, -0.1) is 0 Å². The molecule has 1 aliphatic carbocycles. The van der Waals surface area contributed by atoms with Gasteiger partial charge in [0.05, 0.1) is 22.0 Å². The highest BCUT2D eigenvalue weighted by Gasteiger charge is 2.33. The predicted molar refractivity (Wildman–Crippen MR) is 136 cm³/mol. The summed E-state index contributed by atoms with van der Waals surface area (Å²) in [5.74, 6) is 1.08. The lowest BCUT2D eigenvalue weighted by molar-refractivity contribution is -0.136. The van der Waals surface area contributed by atoms with Crippen LogP contribution in [0.4, 0.5) is 0 Å². The van der Waals surface area contributed by atoms with E-state index in [0.717, 1.165) is 52.2 Å². The molecule has 0 bridgehead atoms. The molecule has 1 aliphatic rings. The first-order valence-corrected chi connectivity index (χ1v) is 12.1. The number of hydrogen-bond acceptors (Lipinski definition) is 4. The fraction of sp³-hybridized carbons (Fsp3) is 0.214. The molecule has 5 nitrogen and oxygen atoms in total. The topological polar surface area (TPSA) is 72.6 Å². The Balaban J connectivity index is 1.38. The van der Waals surface area contributed by atoms with E-state index in [9.17, 15) is 4.79 Å². The van der Waals surface area contributed by atoms with Gasteiger partial charge in [0.1, 0.15) is 23.8 Å². The van der Waals surface area contributed by atoms with Crippen LogP contribution in [0.15, 0.2) is 65.2 Å². The highest BCUT2D eigenvalue weighted by atomic mass is 35.5. The number of hydrogen-bond donors (Lipinski definition) is 1. The van der Waals surface area contributed by atoms with Gasteiger partial charge in [0.2, 0.25) is 0 Å². The number of aliphatic carboxylic acids is 1. The number of carboxylic acids is 1. The van der Waals surface area contributed by atoms with Crippen LogP contribution in [0.1, 0.15) is 41.2 Å². The number of carbonyl (C=O) groups is 1. The molecule has 3 aromatic carbocycles. The minimum Gasteiger partial charge on any atom is -0.489 e. The second-order valence-electron chi connectivity index (χ2n) is 8.78. The van der Waals surface area contributed by atoms with E-state index in [1.807, 2.05) is 49.4 Å². The van der Waals surface area contributed by atoms with Crippen LogP contribution in [0.3, 0.4) is 0 Å². The van der Waals surface area contributed by atoms with Gasteiger partial charge in [-0.2, -0.15) is 0 Å². The first kappa shape index (κ1) is 23.5. The number of nitrogens with zero attached hydrogens (tertiary/aromatic N) is 1. The van der Waals surface area contributed by atoms with Gasteiger partial charge < -0.3 is 14.4 Å². The SMILES string of the molecule is Cc1cc(OCc2c(-c3c(Cl)cccc3Cl)noc2C2CC2)ccc1-c1ccc(CC(=O)O)cc1. The van der Waals surface area contributed by atoms with Crippen LogP contribution in [-0.2, 0) is 17.8 Å². The molecule has 1 N–H and O–H groups in total. The molecule has 0 saturated heterocycles. The number of benzene rings is 3. The summed E-state index contributed by atoms with van der Waals surface area (Å²) in [6, 6.07) is 18.9. The molecule has 0 amide bonds. The van der Waals surface area contributed by atoms with E-state index in [4.69, 9.17) is 37.6 Å². The van der Waals surface area contributed by atoms with E-state index in [0.29, 0.717) is 27.2 Å². The number of halogens is 2. The first-order chi connectivity index (χ1) is 16.9. The Labute approximate surface area is 213 Å². The third-order valence-corrected chi connectivity index (χ3v) is 6.80. The molecule has 1 saturated carbocycles. The van der Waals surface area contributed by atoms with Gasteiger partial charge in [0, 0.05) is 11.5 Å². The average molecular weight is 508 g/mol. The van der Waals surface area contributed by atoms with Crippen molar-refractivity contribution in [3.8, 4) is 28.1 Å². The van der Waals surface area contributed by atoms with E-state index in [1.165, 1.54) is 0 Å². The molecule has 1 fully saturated rings. The third kappa shape index (κ3) is 5.07.